The first-order valence-corrected chi connectivity index (χ1v) is 7.61. The Balaban J connectivity index is 1.71. The van der Waals surface area contributed by atoms with Crippen LogP contribution >= 0.6 is 0 Å². The van der Waals surface area contributed by atoms with Crippen molar-refractivity contribution in [1.29, 1.82) is 0 Å². The summed E-state index contributed by atoms with van der Waals surface area (Å²) in [7, 11) is 0. The van der Waals surface area contributed by atoms with Crippen LogP contribution in [0.4, 0.5) is 5.69 Å². The lowest BCUT2D eigenvalue weighted by molar-refractivity contribution is 0.102. The Kier molecular flexibility index (Phi) is 3.19. The van der Waals surface area contributed by atoms with Gasteiger partial charge < -0.3 is 10.3 Å². The van der Waals surface area contributed by atoms with Gasteiger partial charge in [0.2, 0.25) is 0 Å². The predicted molar refractivity (Wildman–Crippen MR) is 88.8 cm³/mol. The molecule has 0 aliphatic heterocycles. The van der Waals surface area contributed by atoms with Gasteiger partial charge in [-0.15, -0.1) is 0 Å². The van der Waals surface area contributed by atoms with Gasteiger partial charge in [0.1, 0.15) is 0 Å². The largest absolute Gasteiger partial charge is 0.322 e. The zero-order valence-corrected chi connectivity index (χ0v) is 12.4. The number of aromatic nitrogens is 2. The minimum atomic E-state index is -0.221. The van der Waals surface area contributed by atoms with Crippen LogP contribution in [0.5, 0.6) is 0 Å². The van der Waals surface area contributed by atoms with E-state index < -0.39 is 0 Å². The molecule has 4 rings (SSSR count). The number of carbonyl (C=O) groups excluding carboxylic acids is 1. The fraction of sp³-hybridized carbons (Fsp3) is 0.167. The monoisotopic (exact) mass is 305 g/mol. The average Bonchev–Trinajstić information content (AvgIpc) is 3.06. The highest BCUT2D eigenvalue weighted by atomic mass is 16.1. The number of rotatable bonds is 2. The maximum absolute atomic E-state index is 12.2. The van der Waals surface area contributed by atoms with E-state index in [0.29, 0.717) is 11.3 Å². The van der Waals surface area contributed by atoms with Crippen LogP contribution in [0.3, 0.4) is 0 Å². The molecular formula is C18H15N3O2. The zero-order valence-electron chi connectivity index (χ0n) is 12.4. The van der Waals surface area contributed by atoms with Gasteiger partial charge in [0, 0.05) is 29.0 Å². The van der Waals surface area contributed by atoms with Gasteiger partial charge in [-0.3, -0.25) is 14.6 Å². The number of nitrogens with one attached hydrogen (secondary N) is 2. The van der Waals surface area contributed by atoms with E-state index >= 15 is 0 Å². The number of benzene rings is 1. The van der Waals surface area contributed by atoms with E-state index in [1.165, 1.54) is 6.20 Å². The van der Waals surface area contributed by atoms with Crippen molar-refractivity contribution >= 4 is 22.5 Å². The molecule has 0 saturated carbocycles. The summed E-state index contributed by atoms with van der Waals surface area (Å²) < 4.78 is 0. The summed E-state index contributed by atoms with van der Waals surface area (Å²) in [5, 5.41) is 3.90. The minimum Gasteiger partial charge on any atom is -0.322 e. The lowest BCUT2D eigenvalue weighted by Crippen LogP contribution is -2.14. The molecule has 3 aromatic rings. The maximum Gasteiger partial charge on any atom is 0.257 e. The molecule has 1 aromatic carbocycles. The lowest BCUT2D eigenvalue weighted by atomic mass is 10.1. The van der Waals surface area contributed by atoms with Gasteiger partial charge in [-0.25, -0.2) is 0 Å². The quantitative estimate of drug-likeness (QED) is 0.764. The van der Waals surface area contributed by atoms with E-state index in [4.69, 9.17) is 0 Å². The second-order valence-corrected chi connectivity index (χ2v) is 5.72. The molecular weight excluding hydrogens is 290 g/mol. The third kappa shape index (κ3) is 2.40. The Morgan fingerprint density at radius 1 is 1.17 bits per heavy atom. The Bertz CT molecular complexity index is 961. The number of aromatic amines is 1. The van der Waals surface area contributed by atoms with E-state index in [1.54, 1.807) is 18.3 Å². The molecule has 0 saturated heterocycles. The molecule has 2 aromatic heterocycles. The lowest BCUT2D eigenvalue weighted by Gasteiger charge is -2.09. The molecule has 0 bridgehead atoms. The average molecular weight is 305 g/mol. The molecule has 0 atom stereocenters. The summed E-state index contributed by atoms with van der Waals surface area (Å²) in [5.74, 6) is -0.221. The summed E-state index contributed by atoms with van der Waals surface area (Å²) in [4.78, 5) is 31.2. The number of H-pyrrole nitrogens is 1. The van der Waals surface area contributed by atoms with Gasteiger partial charge >= 0.3 is 0 Å². The first kappa shape index (κ1) is 13.7. The third-order valence-corrected chi connectivity index (χ3v) is 4.27. The van der Waals surface area contributed by atoms with Crippen LogP contribution in [0.25, 0.3) is 10.9 Å². The van der Waals surface area contributed by atoms with Crippen LogP contribution in [-0.4, -0.2) is 15.9 Å². The molecule has 114 valence electrons. The SMILES string of the molecule is O=C(Nc1ccc2c3c(c(=O)[nH]c2c1)CCC3)c1cccnc1. The number of anilines is 1. The van der Waals surface area contributed by atoms with Gasteiger partial charge in [-0.05, 0) is 49.1 Å². The van der Waals surface area contributed by atoms with E-state index in [2.05, 4.69) is 15.3 Å². The van der Waals surface area contributed by atoms with Crippen LogP contribution in [-0.2, 0) is 12.8 Å². The highest BCUT2D eigenvalue weighted by molar-refractivity contribution is 6.04. The molecule has 0 fully saturated rings. The number of nitrogens with zero attached hydrogens (tertiary/aromatic N) is 1. The molecule has 0 radical (unpaired) electrons. The molecule has 5 heteroatoms. The second-order valence-electron chi connectivity index (χ2n) is 5.72. The maximum atomic E-state index is 12.2. The molecule has 0 unspecified atom stereocenters. The van der Waals surface area contributed by atoms with E-state index in [0.717, 1.165) is 41.3 Å². The van der Waals surface area contributed by atoms with Crippen LogP contribution < -0.4 is 10.9 Å². The molecule has 1 aliphatic carbocycles. The highest BCUT2D eigenvalue weighted by Crippen LogP contribution is 2.27. The summed E-state index contributed by atoms with van der Waals surface area (Å²) in [6, 6.07) is 9.07. The zero-order chi connectivity index (χ0) is 15.8. The molecule has 2 heterocycles. The molecule has 2 N–H and O–H groups in total. The summed E-state index contributed by atoms with van der Waals surface area (Å²) in [6.07, 6.45) is 5.96. The summed E-state index contributed by atoms with van der Waals surface area (Å²) in [6.45, 7) is 0. The predicted octanol–water partition coefficient (Wildman–Crippen LogP) is 2.66. The minimum absolute atomic E-state index is 0.0132. The number of hydrogen-bond acceptors (Lipinski definition) is 3. The number of amides is 1. The molecule has 5 nitrogen and oxygen atoms in total. The second kappa shape index (κ2) is 5.35. The topological polar surface area (TPSA) is 74.8 Å². The van der Waals surface area contributed by atoms with Crippen LogP contribution in [0.2, 0.25) is 0 Å². The molecule has 23 heavy (non-hydrogen) atoms. The van der Waals surface area contributed by atoms with Crippen LogP contribution in [0.15, 0.2) is 47.5 Å². The number of hydrogen-bond donors (Lipinski definition) is 2. The van der Waals surface area contributed by atoms with Crippen molar-refractivity contribution in [2.75, 3.05) is 5.32 Å². The van der Waals surface area contributed by atoms with Crippen molar-refractivity contribution in [2.45, 2.75) is 19.3 Å². The Morgan fingerprint density at radius 2 is 2.04 bits per heavy atom. The Morgan fingerprint density at radius 3 is 2.87 bits per heavy atom. The van der Waals surface area contributed by atoms with E-state index in [1.807, 2.05) is 18.2 Å². The third-order valence-electron chi connectivity index (χ3n) is 4.27. The standard InChI is InChI=1S/C18H15N3O2/c22-17(11-3-2-8-19-10-11)20-12-6-7-14-13-4-1-5-15(13)18(23)21-16(14)9-12/h2-3,6-10H,1,4-5H2,(H,20,22)(H,21,23). The number of aryl methyl sites for hydroxylation is 1. The molecule has 1 amide bonds. The van der Waals surface area contributed by atoms with E-state index in [9.17, 15) is 9.59 Å². The summed E-state index contributed by atoms with van der Waals surface area (Å²) >= 11 is 0. The van der Waals surface area contributed by atoms with Crippen molar-refractivity contribution in [2.24, 2.45) is 0 Å². The Labute approximate surface area is 132 Å². The smallest absolute Gasteiger partial charge is 0.257 e. The molecule has 0 spiro atoms. The van der Waals surface area contributed by atoms with E-state index in [-0.39, 0.29) is 11.5 Å². The van der Waals surface area contributed by atoms with Gasteiger partial charge in [0.15, 0.2) is 0 Å². The first-order chi connectivity index (χ1) is 11.2. The van der Waals surface area contributed by atoms with Gasteiger partial charge in [-0.1, -0.05) is 6.07 Å². The fourth-order valence-corrected chi connectivity index (χ4v) is 3.18. The van der Waals surface area contributed by atoms with Crippen molar-refractivity contribution < 1.29 is 4.79 Å². The van der Waals surface area contributed by atoms with Crippen molar-refractivity contribution in [3.8, 4) is 0 Å². The van der Waals surface area contributed by atoms with Crippen LogP contribution in [0, 0.1) is 0 Å². The summed E-state index contributed by atoms with van der Waals surface area (Å²) in [5.41, 5.74) is 3.95. The van der Waals surface area contributed by atoms with Gasteiger partial charge in [0.25, 0.3) is 11.5 Å². The van der Waals surface area contributed by atoms with Crippen LogP contribution in [0.1, 0.15) is 27.9 Å². The Hall–Kier alpha value is -2.95. The van der Waals surface area contributed by atoms with Crippen molar-refractivity contribution in [3.05, 3.63) is 69.8 Å². The van der Waals surface area contributed by atoms with Gasteiger partial charge in [-0.2, -0.15) is 0 Å². The van der Waals surface area contributed by atoms with Crippen molar-refractivity contribution in [1.82, 2.24) is 9.97 Å². The van der Waals surface area contributed by atoms with Crippen molar-refractivity contribution in [3.63, 3.8) is 0 Å². The number of fused-ring (bicyclic) bond motifs is 3. The molecule has 1 aliphatic rings. The highest BCUT2D eigenvalue weighted by Gasteiger charge is 2.18. The number of carbonyl (C=O) groups is 1. The first-order valence-electron chi connectivity index (χ1n) is 7.61. The normalized spacial score (nSPS) is 13.0. The number of pyridine rings is 2. The fourth-order valence-electron chi connectivity index (χ4n) is 3.18. The van der Waals surface area contributed by atoms with Gasteiger partial charge in [0.05, 0.1) is 11.1 Å².